The van der Waals surface area contributed by atoms with E-state index in [4.69, 9.17) is 9.47 Å². The van der Waals surface area contributed by atoms with Crippen molar-refractivity contribution in [1.29, 1.82) is 0 Å². The maximum Gasteiger partial charge on any atom is 0.411 e. The summed E-state index contributed by atoms with van der Waals surface area (Å²) in [4.78, 5) is 37.4. The Bertz CT molecular complexity index is 843. The molecule has 1 amide bonds. The van der Waals surface area contributed by atoms with Gasteiger partial charge in [-0.05, 0) is 17.5 Å². The van der Waals surface area contributed by atoms with Crippen molar-refractivity contribution in [2.24, 2.45) is 0 Å². The van der Waals surface area contributed by atoms with Gasteiger partial charge in [0, 0.05) is 17.9 Å². The van der Waals surface area contributed by atoms with E-state index in [1.807, 2.05) is 24.3 Å². The summed E-state index contributed by atoms with van der Waals surface area (Å²) in [6.45, 7) is 0.196. The van der Waals surface area contributed by atoms with Crippen LogP contribution in [-0.2, 0) is 27.5 Å². The summed E-state index contributed by atoms with van der Waals surface area (Å²) >= 11 is 0. The second-order valence-corrected chi connectivity index (χ2v) is 6.77. The van der Waals surface area contributed by atoms with E-state index in [2.05, 4.69) is 0 Å². The third kappa shape index (κ3) is 5.31. The van der Waals surface area contributed by atoms with Crippen molar-refractivity contribution in [3.05, 3.63) is 81.9 Å². The number of carbonyl (C=O) groups is 2. The topological polar surface area (TPSA) is 99.0 Å². The average Bonchev–Trinajstić information content (AvgIpc) is 2.76. The van der Waals surface area contributed by atoms with Crippen LogP contribution in [0.3, 0.4) is 0 Å². The highest BCUT2D eigenvalue weighted by molar-refractivity contribution is 5.82. The van der Waals surface area contributed by atoms with Crippen molar-refractivity contribution in [2.45, 2.75) is 38.1 Å². The fourth-order valence-corrected chi connectivity index (χ4v) is 3.30. The van der Waals surface area contributed by atoms with Gasteiger partial charge in [-0.1, -0.05) is 60.7 Å². The third-order valence-electron chi connectivity index (χ3n) is 4.77. The summed E-state index contributed by atoms with van der Waals surface area (Å²) in [6, 6.07) is 15.5. The summed E-state index contributed by atoms with van der Waals surface area (Å²) in [6.07, 6.45) is -0.156. The molecule has 0 aromatic heterocycles. The van der Waals surface area contributed by atoms with Crippen molar-refractivity contribution < 1.29 is 24.0 Å². The lowest BCUT2D eigenvalue weighted by Gasteiger charge is -2.34. The molecule has 0 saturated carbocycles. The molecule has 1 aliphatic rings. The van der Waals surface area contributed by atoms with Gasteiger partial charge in [0.2, 0.25) is 6.04 Å². The van der Waals surface area contributed by atoms with Gasteiger partial charge in [0.25, 0.3) is 0 Å². The molecule has 2 aromatic carbocycles. The fourth-order valence-electron chi connectivity index (χ4n) is 3.30. The zero-order chi connectivity index (χ0) is 20.6. The highest BCUT2D eigenvalue weighted by Crippen LogP contribution is 2.23. The largest absolute Gasteiger partial charge is 0.459 e. The predicted molar refractivity (Wildman–Crippen MR) is 103 cm³/mol. The third-order valence-corrected chi connectivity index (χ3v) is 4.77. The highest BCUT2D eigenvalue weighted by atomic mass is 16.6. The number of rotatable bonds is 6. The van der Waals surface area contributed by atoms with Gasteiger partial charge in [-0.15, -0.1) is 0 Å². The zero-order valence-corrected chi connectivity index (χ0v) is 15.8. The molecule has 0 spiro atoms. The Morgan fingerprint density at radius 1 is 0.966 bits per heavy atom. The molecular weight excluding hydrogens is 376 g/mol. The molecular formula is C21H22N2O6. The standard InChI is InChI=1S/C21H22N2O6/c24-20(28-14-16-8-3-1-4-9-16)19-18(23(26)27)12-7-13-22(19)21(25)29-15-17-10-5-2-6-11-17/h1-6,8-11,18-19H,7,12-15H2. The molecule has 2 atom stereocenters. The minimum atomic E-state index is -1.31. The van der Waals surface area contributed by atoms with Gasteiger partial charge in [-0.3, -0.25) is 15.0 Å². The average molecular weight is 398 g/mol. The van der Waals surface area contributed by atoms with Crippen LogP contribution in [0.4, 0.5) is 4.79 Å². The maximum absolute atomic E-state index is 12.7. The number of likely N-dealkylation sites (tertiary alicyclic amines) is 1. The molecule has 8 heteroatoms. The second kappa shape index (κ2) is 9.68. The first-order chi connectivity index (χ1) is 14.1. The van der Waals surface area contributed by atoms with Crippen LogP contribution in [0.2, 0.25) is 0 Å². The zero-order valence-electron chi connectivity index (χ0n) is 15.8. The van der Waals surface area contributed by atoms with E-state index in [-0.39, 0.29) is 26.2 Å². The van der Waals surface area contributed by atoms with E-state index in [0.29, 0.717) is 6.42 Å². The van der Waals surface area contributed by atoms with Gasteiger partial charge in [0.15, 0.2) is 6.04 Å². The van der Waals surface area contributed by atoms with E-state index < -0.39 is 29.1 Å². The Kier molecular flexibility index (Phi) is 6.78. The molecule has 8 nitrogen and oxygen atoms in total. The number of carbonyl (C=O) groups excluding carboxylic acids is 2. The number of piperidine rings is 1. The summed E-state index contributed by atoms with van der Waals surface area (Å²) < 4.78 is 10.6. The summed E-state index contributed by atoms with van der Waals surface area (Å²) in [5.74, 6) is -0.799. The Morgan fingerprint density at radius 3 is 2.07 bits per heavy atom. The molecule has 0 bridgehead atoms. The molecule has 152 valence electrons. The Balaban J connectivity index is 1.69. The molecule has 0 N–H and O–H groups in total. The molecule has 29 heavy (non-hydrogen) atoms. The number of nitro groups is 1. The molecule has 1 heterocycles. The van der Waals surface area contributed by atoms with Crippen LogP contribution >= 0.6 is 0 Å². The van der Waals surface area contributed by atoms with Crippen LogP contribution in [0.25, 0.3) is 0 Å². The number of nitrogens with zero attached hydrogens (tertiary/aromatic N) is 2. The van der Waals surface area contributed by atoms with Crippen LogP contribution < -0.4 is 0 Å². The highest BCUT2D eigenvalue weighted by Gasteiger charge is 2.47. The fraction of sp³-hybridized carbons (Fsp3) is 0.333. The van der Waals surface area contributed by atoms with Crippen LogP contribution in [0.15, 0.2) is 60.7 Å². The molecule has 2 aromatic rings. The lowest BCUT2D eigenvalue weighted by molar-refractivity contribution is -0.531. The van der Waals surface area contributed by atoms with Gasteiger partial charge in [0.1, 0.15) is 13.2 Å². The molecule has 2 unspecified atom stereocenters. The molecule has 0 radical (unpaired) electrons. The molecule has 1 fully saturated rings. The van der Waals surface area contributed by atoms with Crippen molar-refractivity contribution in [2.75, 3.05) is 6.54 Å². The predicted octanol–water partition coefficient (Wildman–Crippen LogP) is 3.18. The molecule has 3 rings (SSSR count). The number of amides is 1. The van der Waals surface area contributed by atoms with Crippen LogP contribution in [0.5, 0.6) is 0 Å². The molecule has 1 aliphatic heterocycles. The maximum atomic E-state index is 12.7. The minimum absolute atomic E-state index is 0.0189. The van der Waals surface area contributed by atoms with Gasteiger partial charge in [-0.2, -0.15) is 0 Å². The van der Waals surface area contributed by atoms with Gasteiger partial charge in [-0.25, -0.2) is 9.59 Å². The van der Waals surface area contributed by atoms with Gasteiger partial charge >= 0.3 is 12.1 Å². The van der Waals surface area contributed by atoms with E-state index in [9.17, 15) is 19.7 Å². The smallest absolute Gasteiger partial charge is 0.411 e. The van der Waals surface area contributed by atoms with E-state index in [0.717, 1.165) is 16.0 Å². The minimum Gasteiger partial charge on any atom is -0.459 e. The van der Waals surface area contributed by atoms with Crippen LogP contribution in [0.1, 0.15) is 24.0 Å². The SMILES string of the molecule is O=C(OCc1ccccc1)C1C([N+](=O)[O-])CCCN1C(=O)OCc1ccccc1. The summed E-state index contributed by atoms with van der Waals surface area (Å²) in [5, 5.41) is 11.5. The van der Waals surface area contributed by atoms with Crippen molar-refractivity contribution in [1.82, 2.24) is 4.90 Å². The van der Waals surface area contributed by atoms with Gasteiger partial charge in [0.05, 0.1) is 0 Å². The van der Waals surface area contributed by atoms with Crippen molar-refractivity contribution in [3.63, 3.8) is 0 Å². The lowest BCUT2D eigenvalue weighted by atomic mass is 9.97. The van der Waals surface area contributed by atoms with Gasteiger partial charge < -0.3 is 9.47 Å². The first-order valence-corrected chi connectivity index (χ1v) is 9.37. The number of esters is 1. The first kappa shape index (κ1) is 20.3. The number of benzene rings is 2. The van der Waals surface area contributed by atoms with Crippen LogP contribution in [0, 0.1) is 10.1 Å². The van der Waals surface area contributed by atoms with E-state index >= 15 is 0 Å². The molecule has 0 aliphatic carbocycles. The quantitative estimate of drug-likeness (QED) is 0.421. The lowest BCUT2D eigenvalue weighted by Crippen LogP contribution is -2.58. The number of hydrogen-bond donors (Lipinski definition) is 0. The monoisotopic (exact) mass is 398 g/mol. The first-order valence-electron chi connectivity index (χ1n) is 9.37. The Hall–Kier alpha value is -3.42. The van der Waals surface area contributed by atoms with E-state index in [1.54, 1.807) is 36.4 Å². The van der Waals surface area contributed by atoms with Crippen LogP contribution in [-0.4, -0.2) is 40.5 Å². The van der Waals surface area contributed by atoms with E-state index in [1.165, 1.54) is 0 Å². The number of hydrogen-bond acceptors (Lipinski definition) is 6. The Morgan fingerprint density at radius 2 is 1.52 bits per heavy atom. The van der Waals surface area contributed by atoms with Crippen molar-refractivity contribution >= 4 is 12.1 Å². The summed E-state index contributed by atoms with van der Waals surface area (Å²) in [7, 11) is 0. The summed E-state index contributed by atoms with van der Waals surface area (Å²) in [5.41, 5.74) is 1.54. The molecule has 1 saturated heterocycles. The number of ether oxygens (including phenoxy) is 2. The normalized spacial score (nSPS) is 18.7. The van der Waals surface area contributed by atoms with Crippen molar-refractivity contribution in [3.8, 4) is 0 Å². The second-order valence-electron chi connectivity index (χ2n) is 6.77. The Labute approximate surface area is 168 Å².